The van der Waals surface area contributed by atoms with Crippen LogP contribution < -0.4 is 10.2 Å². The molecule has 1 unspecified atom stereocenters. The molecule has 6 heteroatoms. The maximum atomic E-state index is 12.4. The second kappa shape index (κ2) is 7.61. The van der Waals surface area contributed by atoms with Crippen LogP contribution in [-0.4, -0.2) is 34.3 Å². The van der Waals surface area contributed by atoms with E-state index in [0.29, 0.717) is 13.1 Å². The normalized spacial score (nSPS) is 16.8. The van der Waals surface area contributed by atoms with Crippen molar-refractivity contribution < 1.29 is 9.59 Å². The van der Waals surface area contributed by atoms with Crippen LogP contribution in [0.3, 0.4) is 0 Å². The van der Waals surface area contributed by atoms with Gasteiger partial charge in [-0.25, -0.2) is 4.98 Å². The summed E-state index contributed by atoms with van der Waals surface area (Å²) in [5, 5.41) is 2.97. The van der Waals surface area contributed by atoms with Gasteiger partial charge in [0, 0.05) is 37.8 Å². The highest BCUT2D eigenvalue weighted by Gasteiger charge is 2.34. The average Bonchev–Trinajstić information content (AvgIpc) is 3.29. The van der Waals surface area contributed by atoms with Crippen molar-refractivity contribution in [1.82, 2.24) is 14.7 Å². The number of nitrogens with one attached hydrogen (secondary N) is 1. The number of hydrogen-bond acceptors (Lipinski definition) is 3. The Hall–Kier alpha value is -3.15. The quantitative estimate of drug-likeness (QED) is 0.685. The van der Waals surface area contributed by atoms with Gasteiger partial charge in [-0.1, -0.05) is 24.3 Å². The Bertz CT molecular complexity index is 951. The van der Waals surface area contributed by atoms with Crippen molar-refractivity contribution in [3.63, 3.8) is 0 Å². The van der Waals surface area contributed by atoms with Crippen LogP contribution in [0.15, 0.2) is 60.9 Å². The molecule has 6 nitrogen and oxygen atoms in total. The summed E-state index contributed by atoms with van der Waals surface area (Å²) in [5.74, 6) is 0.663. The number of nitrogens with zero attached hydrogens (tertiary/aromatic N) is 3. The van der Waals surface area contributed by atoms with Crippen molar-refractivity contribution in [3.05, 3.63) is 66.7 Å². The molecular weight excluding hydrogens is 340 g/mol. The van der Waals surface area contributed by atoms with Crippen LogP contribution in [0.2, 0.25) is 0 Å². The molecule has 27 heavy (non-hydrogen) atoms. The zero-order valence-electron chi connectivity index (χ0n) is 15.0. The van der Waals surface area contributed by atoms with Crippen molar-refractivity contribution in [3.8, 4) is 0 Å². The number of imidazole rings is 1. The van der Waals surface area contributed by atoms with Crippen LogP contribution in [0.25, 0.3) is 5.52 Å². The first kappa shape index (κ1) is 17.3. The summed E-state index contributed by atoms with van der Waals surface area (Å²) in [7, 11) is 0. The van der Waals surface area contributed by atoms with E-state index in [-0.39, 0.29) is 24.2 Å². The molecule has 0 saturated carbocycles. The number of anilines is 1. The molecule has 1 aliphatic heterocycles. The molecule has 0 spiro atoms. The van der Waals surface area contributed by atoms with E-state index in [4.69, 9.17) is 0 Å². The summed E-state index contributed by atoms with van der Waals surface area (Å²) >= 11 is 0. The van der Waals surface area contributed by atoms with Gasteiger partial charge in [-0.05, 0) is 30.7 Å². The summed E-state index contributed by atoms with van der Waals surface area (Å²) in [6.45, 7) is 1.02. The highest BCUT2D eigenvalue weighted by molar-refractivity contribution is 6.00. The number of benzene rings is 1. The largest absolute Gasteiger partial charge is 0.356 e. The van der Waals surface area contributed by atoms with Gasteiger partial charge in [0.15, 0.2) is 0 Å². The zero-order valence-corrected chi connectivity index (χ0v) is 15.0. The fourth-order valence-electron chi connectivity index (χ4n) is 3.53. The minimum atomic E-state index is -0.287. The Balaban J connectivity index is 1.27. The monoisotopic (exact) mass is 362 g/mol. The van der Waals surface area contributed by atoms with Crippen LogP contribution in [0.5, 0.6) is 0 Å². The first-order chi connectivity index (χ1) is 13.2. The fourth-order valence-corrected chi connectivity index (χ4v) is 3.53. The van der Waals surface area contributed by atoms with E-state index < -0.39 is 0 Å². The predicted molar refractivity (Wildman–Crippen MR) is 103 cm³/mol. The number of rotatable bonds is 6. The third kappa shape index (κ3) is 3.69. The van der Waals surface area contributed by atoms with Crippen LogP contribution in [0.4, 0.5) is 5.69 Å². The first-order valence-electron chi connectivity index (χ1n) is 9.26. The molecule has 0 aliphatic carbocycles. The fraction of sp³-hybridized carbons (Fsp3) is 0.286. The van der Waals surface area contributed by atoms with Gasteiger partial charge in [-0.15, -0.1) is 0 Å². The lowest BCUT2D eigenvalue weighted by atomic mass is 10.1. The standard InChI is InChI=1S/C21H22N4O2/c26-20-13-16(15-25(20)17-7-2-1-3-8-17)21(27)22-11-6-10-19-23-14-18-9-4-5-12-24(18)19/h1-5,7-9,12,14,16H,6,10-11,13,15H2,(H,22,27). The Labute approximate surface area is 157 Å². The van der Waals surface area contributed by atoms with Crippen molar-refractivity contribution in [2.45, 2.75) is 19.3 Å². The van der Waals surface area contributed by atoms with Crippen LogP contribution in [-0.2, 0) is 16.0 Å². The molecule has 1 N–H and O–H groups in total. The van der Waals surface area contributed by atoms with Gasteiger partial charge in [0.05, 0.1) is 17.6 Å². The first-order valence-corrected chi connectivity index (χ1v) is 9.26. The molecule has 3 aromatic rings. The van der Waals surface area contributed by atoms with E-state index in [0.717, 1.165) is 29.9 Å². The van der Waals surface area contributed by atoms with E-state index in [9.17, 15) is 9.59 Å². The van der Waals surface area contributed by atoms with Crippen molar-refractivity contribution >= 4 is 23.0 Å². The van der Waals surface area contributed by atoms with E-state index in [2.05, 4.69) is 14.7 Å². The predicted octanol–water partition coefficient (Wildman–Crippen LogP) is 2.44. The van der Waals surface area contributed by atoms with Gasteiger partial charge < -0.3 is 14.6 Å². The number of pyridine rings is 1. The van der Waals surface area contributed by atoms with Gasteiger partial charge in [0.25, 0.3) is 0 Å². The summed E-state index contributed by atoms with van der Waals surface area (Å²) in [6, 6.07) is 15.5. The minimum Gasteiger partial charge on any atom is -0.356 e. The number of aryl methyl sites for hydroxylation is 1. The molecule has 1 aromatic carbocycles. The number of aromatic nitrogens is 2. The molecule has 0 bridgehead atoms. The molecule has 0 radical (unpaired) electrons. The van der Waals surface area contributed by atoms with Crippen molar-refractivity contribution in [2.24, 2.45) is 5.92 Å². The summed E-state index contributed by atoms with van der Waals surface area (Å²) < 4.78 is 2.06. The second-order valence-corrected chi connectivity index (χ2v) is 6.81. The SMILES string of the molecule is O=C(NCCCc1ncc2ccccn12)C1CC(=O)N(c2ccccc2)C1. The van der Waals surface area contributed by atoms with Crippen molar-refractivity contribution in [2.75, 3.05) is 18.0 Å². The Morgan fingerprint density at radius 2 is 1.96 bits per heavy atom. The number of para-hydroxylation sites is 1. The number of fused-ring (bicyclic) bond motifs is 1. The van der Waals surface area contributed by atoms with Crippen LogP contribution in [0, 0.1) is 5.92 Å². The Morgan fingerprint density at radius 3 is 2.81 bits per heavy atom. The van der Waals surface area contributed by atoms with Gasteiger partial charge >= 0.3 is 0 Å². The smallest absolute Gasteiger partial charge is 0.227 e. The molecule has 1 saturated heterocycles. The summed E-state index contributed by atoms with van der Waals surface area (Å²) in [5.41, 5.74) is 1.92. The minimum absolute atomic E-state index is 0.00482. The zero-order chi connectivity index (χ0) is 18.6. The number of carbonyl (C=O) groups excluding carboxylic acids is 2. The number of carbonyl (C=O) groups is 2. The summed E-state index contributed by atoms with van der Waals surface area (Å²) in [6.07, 6.45) is 5.72. The molecule has 138 valence electrons. The molecule has 1 atom stereocenters. The second-order valence-electron chi connectivity index (χ2n) is 6.81. The average molecular weight is 362 g/mol. The maximum absolute atomic E-state index is 12.4. The highest BCUT2D eigenvalue weighted by atomic mass is 16.2. The molecule has 3 heterocycles. The van der Waals surface area contributed by atoms with Gasteiger partial charge in [-0.3, -0.25) is 9.59 Å². The van der Waals surface area contributed by atoms with Crippen LogP contribution in [0.1, 0.15) is 18.7 Å². The highest BCUT2D eigenvalue weighted by Crippen LogP contribution is 2.24. The Morgan fingerprint density at radius 1 is 1.15 bits per heavy atom. The third-order valence-corrected chi connectivity index (χ3v) is 4.96. The maximum Gasteiger partial charge on any atom is 0.227 e. The van der Waals surface area contributed by atoms with Gasteiger partial charge in [0.1, 0.15) is 5.82 Å². The molecule has 1 fully saturated rings. The van der Waals surface area contributed by atoms with Gasteiger partial charge in [-0.2, -0.15) is 0 Å². The van der Waals surface area contributed by atoms with E-state index in [1.165, 1.54) is 0 Å². The van der Waals surface area contributed by atoms with Gasteiger partial charge in [0.2, 0.25) is 11.8 Å². The molecule has 1 aliphatic rings. The lowest BCUT2D eigenvalue weighted by Gasteiger charge is -2.16. The lowest BCUT2D eigenvalue weighted by Crippen LogP contribution is -2.33. The lowest BCUT2D eigenvalue weighted by molar-refractivity contribution is -0.126. The third-order valence-electron chi connectivity index (χ3n) is 4.96. The molecular formula is C21H22N4O2. The number of amides is 2. The van der Waals surface area contributed by atoms with E-state index >= 15 is 0 Å². The number of hydrogen-bond donors (Lipinski definition) is 1. The Kier molecular flexibility index (Phi) is 4.87. The molecule has 4 rings (SSSR count). The van der Waals surface area contributed by atoms with Crippen molar-refractivity contribution in [1.29, 1.82) is 0 Å². The molecule has 2 amide bonds. The topological polar surface area (TPSA) is 66.7 Å². The summed E-state index contributed by atoms with van der Waals surface area (Å²) in [4.78, 5) is 30.8. The molecule has 2 aromatic heterocycles. The van der Waals surface area contributed by atoms with E-state index in [1.54, 1.807) is 4.90 Å². The van der Waals surface area contributed by atoms with Crippen LogP contribution >= 0.6 is 0 Å². The van der Waals surface area contributed by atoms with E-state index in [1.807, 2.05) is 60.9 Å².